The van der Waals surface area contributed by atoms with E-state index in [0.717, 1.165) is 32.0 Å². The Kier molecular flexibility index (Phi) is 9.90. The highest BCUT2D eigenvalue weighted by Crippen LogP contribution is 2.20. The van der Waals surface area contributed by atoms with E-state index in [1.165, 1.54) is 16.7 Å². The zero-order chi connectivity index (χ0) is 19.8. The smallest absolute Gasteiger partial charge is 0.191 e. The predicted octanol–water partition coefficient (Wildman–Crippen LogP) is 3.78. The molecule has 1 aliphatic rings. The first-order valence-corrected chi connectivity index (χ1v) is 10.0. The number of ether oxygens (including phenoxy) is 1. The molecule has 1 fully saturated rings. The molecule has 0 aliphatic carbocycles. The summed E-state index contributed by atoms with van der Waals surface area (Å²) in [4.78, 5) is 6.96. The topological polar surface area (TPSA) is 48.9 Å². The average Bonchev–Trinajstić information content (AvgIpc) is 3.06. The lowest BCUT2D eigenvalue weighted by Crippen LogP contribution is -2.44. The van der Waals surface area contributed by atoms with Gasteiger partial charge in [-0.2, -0.15) is 0 Å². The zero-order valence-electron chi connectivity index (χ0n) is 17.6. The van der Waals surface area contributed by atoms with E-state index in [0.29, 0.717) is 18.7 Å². The van der Waals surface area contributed by atoms with Crippen LogP contribution in [0.5, 0.6) is 0 Å². The van der Waals surface area contributed by atoms with Crippen LogP contribution in [-0.4, -0.2) is 43.6 Å². The molecule has 2 atom stereocenters. The van der Waals surface area contributed by atoms with Crippen LogP contribution in [-0.2, 0) is 24.4 Å². The first kappa shape index (κ1) is 23.6. The highest BCUT2D eigenvalue weighted by molar-refractivity contribution is 14.0. The Morgan fingerprint density at radius 2 is 1.79 bits per heavy atom. The van der Waals surface area contributed by atoms with Crippen LogP contribution < -0.4 is 10.6 Å². The van der Waals surface area contributed by atoms with Crippen LogP contribution in [0.25, 0.3) is 0 Å². The average molecular weight is 508 g/mol. The first-order chi connectivity index (χ1) is 13.7. The molecule has 0 saturated carbocycles. The van der Waals surface area contributed by atoms with Crippen molar-refractivity contribution < 1.29 is 4.74 Å². The summed E-state index contributed by atoms with van der Waals surface area (Å²) in [5.74, 6) is 0.853. The number of nitrogens with zero attached hydrogens (tertiary/aromatic N) is 2. The lowest BCUT2D eigenvalue weighted by molar-refractivity contribution is 0.184. The second kappa shape index (κ2) is 12.1. The Bertz CT molecular complexity index is 768. The van der Waals surface area contributed by atoms with Crippen molar-refractivity contribution in [2.24, 2.45) is 4.99 Å². The van der Waals surface area contributed by atoms with Crippen molar-refractivity contribution in [2.45, 2.75) is 45.1 Å². The molecule has 2 aromatic carbocycles. The normalized spacial score (nSPS) is 19.6. The number of aliphatic imine (C=N–C) groups is 1. The number of benzene rings is 2. The van der Waals surface area contributed by atoms with Gasteiger partial charge in [0.15, 0.2) is 5.96 Å². The number of halogens is 1. The maximum atomic E-state index is 5.30. The van der Waals surface area contributed by atoms with E-state index in [4.69, 9.17) is 4.74 Å². The summed E-state index contributed by atoms with van der Waals surface area (Å²) in [7, 11) is 3.56. The van der Waals surface area contributed by atoms with Crippen LogP contribution in [0.15, 0.2) is 59.6 Å². The van der Waals surface area contributed by atoms with Crippen LogP contribution in [0.1, 0.15) is 30.0 Å². The Morgan fingerprint density at radius 3 is 2.48 bits per heavy atom. The summed E-state index contributed by atoms with van der Waals surface area (Å²) in [6, 6.07) is 20.0. The van der Waals surface area contributed by atoms with Crippen molar-refractivity contribution >= 4 is 29.9 Å². The van der Waals surface area contributed by atoms with Gasteiger partial charge in [0.05, 0.1) is 6.61 Å². The minimum Gasteiger partial charge on any atom is -0.380 e. The van der Waals surface area contributed by atoms with Crippen LogP contribution in [0.3, 0.4) is 0 Å². The summed E-state index contributed by atoms with van der Waals surface area (Å²) in [5, 5.41) is 7.06. The molecule has 0 amide bonds. The molecule has 0 spiro atoms. The Morgan fingerprint density at radius 1 is 1.10 bits per heavy atom. The quantitative estimate of drug-likeness (QED) is 0.340. The minimum absolute atomic E-state index is 0. The lowest BCUT2D eigenvalue weighted by atomic mass is 10.1. The predicted molar refractivity (Wildman–Crippen MR) is 131 cm³/mol. The highest BCUT2D eigenvalue weighted by Gasteiger charge is 2.29. The monoisotopic (exact) mass is 508 g/mol. The molecular weight excluding hydrogens is 475 g/mol. The van der Waals surface area contributed by atoms with Gasteiger partial charge in [0.1, 0.15) is 0 Å². The number of likely N-dealkylation sites (tertiary alicyclic amines) is 1. The van der Waals surface area contributed by atoms with Gasteiger partial charge >= 0.3 is 0 Å². The van der Waals surface area contributed by atoms with Gasteiger partial charge in [-0.25, -0.2) is 0 Å². The number of rotatable bonds is 7. The summed E-state index contributed by atoms with van der Waals surface area (Å²) in [6.07, 6.45) is 1.12. The van der Waals surface area contributed by atoms with E-state index in [9.17, 15) is 0 Å². The molecule has 2 unspecified atom stereocenters. The lowest BCUT2D eigenvalue weighted by Gasteiger charge is -2.21. The molecule has 1 saturated heterocycles. The SMILES string of the molecule is CN=C(NCc1ccccc1COC)NC1CC(C)N(Cc2ccccc2)C1.I. The summed E-state index contributed by atoms with van der Waals surface area (Å²) in [5.41, 5.74) is 3.81. The van der Waals surface area contributed by atoms with E-state index < -0.39 is 0 Å². The molecule has 6 heteroatoms. The van der Waals surface area contributed by atoms with Gasteiger partial charge in [0.25, 0.3) is 0 Å². The van der Waals surface area contributed by atoms with Gasteiger partial charge in [-0.3, -0.25) is 9.89 Å². The van der Waals surface area contributed by atoms with E-state index in [1.54, 1.807) is 7.11 Å². The fraction of sp³-hybridized carbons (Fsp3) is 0.435. The summed E-state index contributed by atoms with van der Waals surface area (Å²) < 4.78 is 5.30. The molecule has 2 N–H and O–H groups in total. The van der Waals surface area contributed by atoms with E-state index >= 15 is 0 Å². The first-order valence-electron chi connectivity index (χ1n) is 10.0. The minimum atomic E-state index is 0. The third-order valence-electron chi connectivity index (χ3n) is 5.36. The molecule has 29 heavy (non-hydrogen) atoms. The Labute approximate surface area is 192 Å². The third kappa shape index (κ3) is 6.97. The Hall–Kier alpha value is -1.64. The van der Waals surface area contributed by atoms with Gasteiger partial charge in [0.2, 0.25) is 0 Å². The molecule has 5 nitrogen and oxygen atoms in total. The van der Waals surface area contributed by atoms with E-state index in [1.807, 2.05) is 13.1 Å². The molecular formula is C23H33IN4O. The van der Waals surface area contributed by atoms with Gasteiger partial charge < -0.3 is 15.4 Å². The third-order valence-corrected chi connectivity index (χ3v) is 5.36. The van der Waals surface area contributed by atoms with Gasteiger partial charge in [0, 0.05) is 45.9 Å². The number of hydrogen-bond donors (Lipinski definition) is 2. The number of hydrogen-bond acceptors (Lipinski definition) is 3. The number of guanidine groups is 1. The molecule has 0 radical (unpaired) electrons. The standard InChI is InChI=1S/C23H32N4O.HI/c1-18-13-22(16-27(18)15-19-9-5-4-6-10-19)26-23(24-2)25-14-20-11-7-8-12-21(20)17-28-3;/h4-12,18,22H,13-17H2,1-3H3,(H2,24,25,26);1H. The maximum absolute atomic E-state index is 5.30. The van der Waals surface area contributed by atoms with Crippen molar-refractivity contribution in [2.75, 3.05) is 20.7 Å². The Balaban J connectivity index is 0.00000300. The summed E-state index contributed by atoms with van der Waals surface area (Å²) in [6.45, 7) is 5.68. The molecule has 158 valence electrons. The fourth-order valence-corrected chi connectivity index (χ4v) is 3.83. The summed E-state index contributed by atoms with van der Waals surface area (Å²) >= 11 is 0. The van der Waals surface area contributed by atoms with Gasteiger partial charge in [-0.05, 0) is 30.0 Å². The van der Waals surface area contributed by atoms with Crippen LogP contribution in [0.2, 0.25) is 0 Å². The fourth-order valence-electron chi connectivity index (χ4n) is 3.83. The molecule has 1 heterocycles. The van der Waals surface area contributed by atoms with Crippen LogP contribution in [0.4, 0.5) is 0 Å². The van der Waals surface area contributed by atoms with E-state index in [-0.39, 0.29) is 24.0 Å². The second-order valence-corrected chi connectivity index (χ2v) is 7.47. The van der Waals surface area contributed by atoms with Crippen molar-refractivity contribution in [1.82, 2.24) is 15.5 Å². The van der Waals surface area contributed by atoms with Crippen LogP contribution in [0, 0.1) is 0 Å². The zero-order valence-corrected chi connectivity index (χ0v) is 19.9. The second-order valence-electron chi connectivity index (χ2n) is 7.47. The molecule has 1 aliphatic heterocycles. The maximum Gasteiger partial charge on any atom is 0.191 e. The van der Waals surface area contributed by atoms with Crippen molar-refractivity contribution in [1.29, 1.82) is 0 Å². The van der Waals surface area contributed by atoms with Crippen molar-refractivity contribution in [3.05, 3.63) is 71.3 Å². The van der Waals surface area contributed by atoms with Crippen LogP contribution >= 0.6 is 24.0 Å². The van der Waals surface area contributed by atoms with Gasteiger partial charge in [-0.1, -0.05) is 54.6 Å². The number of methoxy groups -OCH3 is 1. The highest BCUT2D eigenvalue weighted by atomic mass is 127. The van der Waals surface area contributed by atoms with Crippen molar-refractivity contribution in [3.8, 4) is 0 Å². The van der Waals surface area contributed by atoms with Gasteiger partial charge in [-0.15, -0.1) is 24.0 Å². The molecule has 0 bridgehead atoms. The van der Waals surface area contributed by atoms with Crippen molar-refractivity contribution in [3.63, 3.8) is 0 Å². The molecule has 3 rings (SSSR count). The number of nitrogens with one attached hydrogen (secondary N) is 2. The van der Waals surface area contributed by atoms with E-state index in [2.05, 4.69) is 76.0 Å². The molecule has 0 aromatic heterocycles. The largest absolute Gasteiger partial charge is 0.380 e. The molecule has 2 aromatic rings.